The summed E-state index contributed by atoms with van der Waals surface area (Å²) >= 11 is 0. The molecule has 0 saturated carbocycles. The monoisotopic (exact) mass is 450 g/mol. The Hall–Kier alpha value is -4.10. The summed E-state index contributed by atoms with van der Waals surface area (Å²) in [7, 11) is -3.53. The molecule has 164 valence electrons. The van der Waals surface area contributed by atoms with Crippen molar-refractivity contribution < 1.29 is 15.7 Å². The number of benzene rings is 2. The Morgan fingerprint density at radius 2 is 1.81 bits per heavy atom. The average Bonchev–Trinajstić information content (AvgIpc) is 3.29. The van der Waals surface area contributed by atoms with Crippen molar-refractivity contribution in [3.05, 3.63) is 60.3 Å². The van der Waals surface area contributed by atoms with E-state index in [1.807, 2.05) is 36.4 Å². The Labute approximate surface area is 187 Å². The van der Waals surface area contributed by atoms with E-state index in [9.17, 15) is 13.7 Å². The Kier molecular flexibility index (Phi) is 5.42. The molecular weight excluding hydrogens is 428 g/mol. The van der Waals surface area contributed by atoms with Gasteiger partial charge in [-0.05, 0) is 38.1 Å². The summed E-state index contributed by atoms with van der Waals surface area (Å²) in [5.74, 6) is 0.455. The van der Waals surface area contributed by atoms with Gasteiger partial charge >= 0.3 is 0 Å². The summed E-state index contributed by atoms with van der Waals surface area (Å²) in [6.07, 6.45) is 1.40. The van der Waals surface area contributed by atoms with E-state index < -0.39 is 15.1 Å². The Balaban J connectivity index is 0.00000204. The number of nitriles is 1. The van der Waals surface area contributed by atoms with E-state index in [1.54, 1.807) is 13.8 Å². The average molecular weight is 451 g/mol. The maximum Gasteiger partial charge on any atom is 0.270 e. The van der Waals surface area contributed by atoms with E-state index in [-0.39, 0.29) is 30.7 Å². The quantitative estimate of drug-likeness (QED) is 0.476. The van der Waals surface area contributed by atoms with Crippen LogP contribution in [0.1, 0.15) is 22.3 Å². The second kappa shape index (κ2) is 8.20. The number of aromatic nitrogens is 4. The van der Waals surface area contributed by atoms with Gasteiger partial charge in [-0.15, -0.1) is 10.2 Å². The van der Waals surface area contributed by atoms with E-state index in [0.717, 1.165) is 5.56 Å². The number of hydrogen-bond acceptors (Lipinski definition) is 9. The van der Waals surface area contributed by atoms with Crippen LogP contribution >= 0.6 is 0 Å². The molecule has 0 unspecified atom stereocenters. The lowest BCUT2D eigenvalue weighted by atomic mass is 10.1. The highest BCUT2D eigenvalue weighted by Gasteiger charge is 2.22. The molecule has 0 aliphatic rings. The molecule has 0 radical (unpaired) electrons. The molecule has 0 atom stereocenters. The summed E-state index contributed by atoms with van der Waals surface area (Å²) in [6, 6.07) is 15.6. The fourth-order valence-corrected chi connectivity index (χ4v) is 4.07. The van der Waals surface area contributed by atoms with Crippen LogP contribution in [0.2, 0.25) is 0 Å². The van der Waals surface area contributed by atoms with Gasteiger partial charge in [-0.3, -0.25) is 0 Å². The molecule has 2 aromatic heterocycles. The van der Waals surface area contributed by atoms with Crippen molar-refractivity contribution in [2.75, 3.05) is 5.73 Å². The van der Waals surface area contributed by atoms with Crippen LogP contribution in [0.4, 0.5) is 5.82 Å². The molecule has 2 heterocycles. The van der Waals surface area contributed by atoms with E-state index in [2.05, 4.69) is 20.2 Å². The van der Waals surface area contributed by atoms with Gasteiger partial charge in [-0.2, -0.15) is 5.26 Å². The van der Waals surface area contributed by atoms with Crippen LogP contribution in [0.3, 0.4) is 0 Å². The predicted octanol–water partition coefficient (Wildman–Crippen LogP) is 3.99. The molecule has 0 aliphatic heterocycles. The Bertz CT molecular complexity index is 1450. The van der Waals surface area contributed by atoms with Gasteiger partial charge < -0.3 is 10.2 Å². The van der Waals surface area contributed by atoms with Crippen molar-refractivity contribution in [3.63, 3.8) is 0 Å². The molecule has 32 heavy (non-hydrogen) atoms. The maximum atomic E-state index is 12.5. The largest absolute Gasteiger partial charge is 0.414 e. The van der Waals surface area contributed by atoms with Crippen molar-refractivity contribution in [2.45, 2.75) is 24.0 Å². The third-order valence-electron chi connectivity index (χ3n) is 4.79. The highest BCUT2D eigenvalue weighted by molar-refractivity contribution is 7.92. The SMILES string of the molecule is CC(C)S(=O)(=O)c1ccc(-c2cnc(N)c(-c3nnc(-c4ccccc4)o3)n2)c(C#N)c1.[HH].[HH]. The van der Waals surface area contributed by atoms with Crippen LogP contribution in [0.5, 0.6) is 0 Å². The number of nitrogens with zero attached hydrogens (tertiary/aromatic N) is 5. The van der Waals surface area contributed by atoms with Gasteiger partial charge in [0.25, 0.3) is 5.89 Å². The van der Waals surface area contributed by atoms with Gasteiger partial charge in [-0.1, -0.05) is 24.3 Å². The van der Waals surface area contributed by atoms with Gasteiger partial charge in [0.15, 0.2) is 21.3 Å². The van der Waals surface area contributed by atoms with Crippen LogP contribution in [-0.2, 0) is 9.84 Å². The third-order valence-corrected chi connectivity index (χ3v) is 6.94. The van der Waals surface area contributed by atoms with E-state index in [4.69, 9.17) is 10.2 Å². The van der Waals surface area contributed by atoms with Gasteiger partial charge in [0, 0.05) is 14.0 Å². The second-order valence-corrected chi connectivity index (χ2v) is 9.68. The van der Waals surface area contributed by atoms with E-state index in [1.165, 1.54) is 24.4 Å². The first-order chi connectivity index (χ1) is 15.3. The molecule has 2 N–H and O–H groups in total. The summed E-state index contributed by atoms with van der Waals surface area (Å²) in [6.45, 7) is 3.17. The molecule has 2 aromatic carbocycles. The van der Waals surface area contributed by atoms with Crippen LogP contribution in [-0.4, -0.2) is 33.8 Å². The molecule has 9 nitrogen and oxygen atoms in total. The predicted molar refractivity (Wildman–Crippen MR) is 122 cm³/mol. The summed E-state index contributed by atoms with van der Waals surface area (Å²) < 4.78 is 30.7. The van der Waals surface area contributed by atoms with Gasteiger partial charge in [0.1, 0.15) is 0 Å². The molecule has 4 aromatic rings. The lowest BCUT2D eigenvalue weighted by Gasteiger charge is -2.11. The van der Waals surface area contributed by atoms with Gasteiger partial charge in [0.2, 0.25) is 5.89 Å². The number of sulfone groups is 1. The van der Waals surface area contributed by atoms with Crippen molar-refractivity contribution in [3.8, 4) is 40.4 Å². The fraction of sp³-hybridized carbons (Fsp3) is 0.136. The number of nitrogens with two attached hydrogens (primary N) is 1. The normalized spacial score (nSPS) is 11.4. The van der Waals surface area contributed by atoms with Crippen LogP contribution in [0, 0.1) is 11.3 Å². The molecule has 0 bridgehead atoms. The summed E-state index contributed by atoms with van der Waals surface area (Å²) in [5.41, 5.74) is 7.76. The lowest BCUT2D eigenvalue weighted by molar-refractivity contribution is 0.582. The Morgan fingerprint density at radius 1 is 1.09 bits per heavy atom. The molecule has 0 amide bonds. The van der Waals surface area contributed by atoms with Crippen molar-refractivity contribution in [2.24, 2.45) is 0 Å². The minimum absolute atomic E-state index is 0. The van der Waals surface area contributed by atoms with Crippen molar-refractivity contribution in [1.29, 1.82) is 5.26 Å². The first-order valence-corrected chi connectivity index (χ1v) is 11.2. The van der Waals surface area contributed by atoms with Crippen LogP contribution < -0.4 is 5.73 Å². The van der Waals surface area contributed by atoms with Gasteiger partial charge in [0.05, 0.1) is 33.7 Å². The highest BCUT2D eigenvalue weighted by Crippen LogP contribution is 2.30. The van der Waals surface area contributed by atoms with Crippen LogP contribution in [0.25, 0.3) is 34.3 Å². The smallest absolute Gasteiger partial charge is 0.270 e. The first kappa shape index (κ1) is 21.1. The van der Waals surface area contributed by atoms with E-state index >= 15 is 0 Å². The van der Waals surface area contributed by atoms with Crippen LogP contribution in [0.15, 0.2) is 64.0 Å². The molecule has 0 fully saturated rings. The van der Waals surface area contributed by atoms with Crippen molar-refractivity contribution >= 4 is 15.7 Å². The molecule has 0 aliphatic carbocycles. The lowest BCUT2D eigenvalue weighted by Crippen LogP contribution is -2.14. The zero-order chi connectivity index (χ0) is 22.9. The number of nitrogen functional groups attached to an aromatic ring is 1. The number of hydrogen-bond donors (Lipinski definition) is 1. The fourth-order valence-electron chi connectivity index (χ4n) is 2.99. The summed E-state index contributed by atoms with van der Waals surface area (Å²) in [5, 5.41) is 17.1. The molecular formula is C22H22N6O3S. The summed E-state index contributed by atoms with van der Waals surface area (Å²) in [4.78, 5) is 8.69. The second-order valence-electron chi connectivity index (χ2n) is 7.18. The molecule has 10 heteroatoms. The number of anilines is 1. The number of rotatable bonds is 5. The maximum absolute atomic E-state index is 12.5. The third kappa shape index (κ3) is 3.81. The molecule has 0 saturated heterocycles. The zero-order valence-corrected chi connectivity index (χ0v) is 18.0. The van der Waals surface area contributed by atoms with Gasteiger partial charge in [-0.25, -0.2) is 18.4 Å². The molecule has 4 rings (SSSR count). The topological polar surface area (TPSA) is 149 Å². The minimum Gasteiger partial charge on any atom is -0.414 e. The van der Waals surface area contributed by atoms with Crippen molar-refractivity contribution in [1.82, 2.24) is 20.2 Å². The standard InChI is InChI=1S/C22H18N6O3S.2H2/c1-13(2)32(29,30)16-8-9-17(15(10-16)11-23)18-12-25-20(24)19(26-18)22-28-27-21(31-22)14-6-4-3-5-7-14;;/h3-10,12-13H,1-2H3,(H2,24,25);2*1H. The Morgan fingerprint density at radius 3 is 2.50 bits per heavy atom. The first-order valence-electron chi connectivity index (χ1n) is 9.61. The highest BCUT2D eigenvalue weighted by atomic mass is 32.2. The van der Waals surface area contributed by atoms with E-state index in [0.29, 0.717) is 17.1 Å². The zero-order valence-electron chi connectivity index (χ0n) is 17.2. The molecule has 0 spiro atoms. The minimum atomic E-state index is -3.53.